The fraction of sp³-hybridized carbons (Fsp3) is 0.200. The normalized spacial score (nSPS) is 12.8. The molecule has 1 aliphatic rings. The van der Waals surface area contributed by atoms with Crippen LogP contribution in [0.15, 0.2) is 66.0 Å². The summed E-state index contributed by atoms with van der Waals surface area (Å²) in [6.07, 6.45) is 2.85. The van der Waals surface area contributed by atoms with Gasteiger partial charge in [0.2, 0.25) is 0 Å². The lowest BCUT2D eigenvalue weighted by Gasteiger charge is -2.06. The molecule has 0 radical (unpaired) electrons. The van der Waals surface area contributed by atoms with Gasteiger partial charge in [-0.05, 0) is 23.3 Å². The van der Waals surface area contributed by atoms with Crippen molar-refractivity contribution in [2.45, 2.75) is 18.1 Å². The van der Waals surface area contributed by atoms with Crippen LogP contribution >= 0.6 is 11.8 Å². The second kappa shape index (κ2) is 7.15. The minimum absolute atomic E-state index is 0.0410. The predicted molar refractivity (Wildman–Crippen MR) is 101 cm³/mol. The van der Waals surface area contributed by atoms with Gasteiger partial charge in [0.15, 0.2) is 5.16 Å². The number of hydrogen-bond acceptors (Lipinski definition) is 3. The van der Waals surface area contributed by atoms with Gasteiger partial charge in [-0.1, -0.05) is 54.2 Å². The molecule has 0 saturated heterocycles. The maximum Gasteiger partial charge on any atom is 0.251 e. The largest absolute Gasteiger partial charge is 0.352 e. The number of aryl methyl sites for hydroxylation is 1. The molecule has 4 rings (SSSR count). The van der Waals surface area contributed by atoms with Crippen LogP contribution in [-0.2, 0) is 13.0 Å². The third-order valence-corrected chi connectivity index (χ3v) is 5.24. The maximum atomic E-state index is 12.3. The predicted octanol–water partition coefficient (Wildman–Crippen LogP) is 3.63. The molecule has 5 heteroatoms. The molecule has 3 aromatic rings. The van der Waals surface area contributed by atoms with Gasteiger partial charge in [0, 0.05) is 37.0 Å². The number of benzene rings is 2. The standard InChI is InChI=1S/C20H19N3OS/c24-19(21-11-10-18-14-23-12-13-25-20(23)22-18)17-8-6-16(7-9-17)15-4-2-1-3-5-15/h1-9,14H,10-13H2,(H,21,24). The quantitative estimate of drug-likeness (QED) is 0.765. The zero-order valence-corrected chi connectivity index (χ0v) is 14.6. The number of fused-ring (bicyclic) bond motifs is 1. The third-order valence-electron chi connectivity index (χ3n) is 4.27. The van der Waals surface area contributed by atoms with Gasteiger partial charge >= 0.3 is 0 Å². The highest BCUT2D eigenvalue weighted by Crippen LogP contribution is 2.24. The Morgan fingerprint density at radius 2 is 1.84 bits per heavy atom. The summed E-state index contributed by atoms with van der Waals surface area (Å²) in [4.78, 5) is 16.9. The van der Waals surface area contributed by atoms with E-state index in [0.717, 1.165) is 40.7 Å². The lowest BCUT2D eigenvalue weighted by Crippen LogP contribution is -2.25. The van der Waals surface area contributed by atoms with Crippen molar-refractivity contribution in [1.82, 2.24) is 14.9 Å². The van der Waals surface area contributed by atoms with Gasteiger partial charge in [-0.3, -0.25) is 4.79 Å². The molecule has 0 aliphatic carbocycles. The molecule has 1 N–H and O–H groups in total. The van der Waals surface area contributed by atoms with E-state index < -0.39 is 0 Å². The van der Waals surface area contributed by atoms with Crippen molar-refractivity contribution in [3.8, 4) is 11.1 Å². The van der Waals surface area contributed by atoms with Crippen LogP contribution in [0.2, 0.25) is 0 Å². The number of amides is 1. The van der Waals surface area contributed by atoms with E-state index in [1.54, 1.807) is 11.8 Å². The van der Waals surface area contributed by atoms with Crippen molar-refractivity contribution < 1.29 is 4.79 Å². The second-order valence-corrected chi connectivity index (χ2v) is 7.07. The van der Waals surface area contributed by atoms with E-state index in [9.17, 15) is 4.79 Å². The Bertz CT molecular complexity index is 850. The second-order valence-electron chi connectivity index (χ2n) is 6.01. The molecule has 0 atom stereocenters. The van der Waals surface area contributed by atoms with Crippen LogP contribution in [0, 0.1) is 0 Å². The lowest BCUT2D eigenvalue weighted by atomic mass is 10.0. The van der Waals surface area contributed by atoms with Crippen LogP contribution in [-0.4, -0.2) is 27.8 Å². The Morgan fingerprint density at radius 1 is 1.08 bits per heavy atom. The van der Waals surface area contributed by atoms with Crippen molar-refractivity contribution in [2.24, 2.45) is 0 Å². The van der Waals surface area contributed by atoms with E-state index in [2.05, 4.69) is 33.2 Å². The first kappa shape index (κ1) is 16.0. The number of carbonyl (C=O) groups excluding carboxylic acids is 1. The Kier molecular flexibility index (Phi) is 4.57. The average Bonchev–Trinajstić information content (AvgIpc) is 3.24. The molecular formula is C20H19N3OS. The maximum absolute atomic E-state index is 12.3. The van der Waals surface area contributed by atoms with E-state index in [0.29, 0.717) is 12.1 Å². The molecule has 1 aliphatic heterocycles. The fourth-order valence-electron chi connectivity index (χ4n) is 2.93. The molecule has 0 fully saturated rings. The Morgan fingerprint density at radius 3 is 2.60 bits per heavy atom. The van der Waals surface area contributed by atoms with Gasteiger partial charge in [0.25, 0.3) is 5.91 Å². The number of nitrogens with one attached hydrogen (secondary N) is 1. The van der Waals surface area contributed by atoms with Crippen LogP contribution in [0.3, 0.4) is 0 Å². The van der Waals surface area contributed by atoms with Gasteiger partial charge in [0.1, 0.15) is 0 Å². The number of aromatic nitrogens is 2. The highest BCUT2D eigenvalue weighted by Gasteiger charge is 2.14. The molecule has 0 spiro atoms. The molecule has 25 heavy (non-hydrogen) atoms. The molecule has 0 saturated carbocycles. The summed E-state index contributed by atoms with van der Waals surface area (Å²) < 4.78 is 2.18. The summed E-state index contributed by atoms with van der Waals surface area (Å²) in [6.45, 7) is 1.63. The van der Waals surface area contributed by atoms with Crippen LogP contribution in [0.1, 0.15) is 16.1 Å². The number of rotatable bonds is 5. The summed E-state index contributed by atoms with van der Waals surface area (Å²) in [7, 11) is 0. The molecule has 0 unspecified atom stereocenters. The molecule has 2 heterocycles. The number of hydrogen-bond donors (Lipinski definition) is 1. The molecule has 126 valence electrons. The van der Waals surface area contributed by atoms with Crippen LogP contribution in [0.4, 0.5) is 0 Å². The van der Waals surface area contributed by atoms with Crippen molar-refractivity contribution in [2.75, 3.05) is 12.3 Å². The summed E-state index contributed by atoms with van der Waals surface area (Å²) in [6, 6.07) is 17.9. The Hall–Kier alpha value is -2.53. The number of nitrogens with zero attached hydrogens (tertiary/aromatic N) is 2. The molecule has 1 amide bonds. The third kappa shape index (κ3) is 3.61. The molecular weight excluding hydrogens is 330 g/mol. The van der Waals surface area contributed by atoms with Crippen LogP contribution < -0.4 is 5.32 Å². The lowest BCUT2D eigenvalue weighted by molar-refractivity contribution is 0.0954. The summed E-state index contributed by atoms with van der Waals surface area (Å²) in [5, 5.41) is 4.07. The first-order valence-corrected chi connectivity index (χ1v) is 9.41. The summed E-state index contributed by atoms with van der Waals surface area (Å²) in [5.41, 5.74) is 3.99. The molecule has 0 bridgehead atoms. The number of imidazole rings is 1. The first-order valence-electron chi connectivity index (χ1n) is 8.42. The van der Waals surface area contributed by atoms with Gasteiger partial charge in [-0.15, -0.1) is 0 Å². The highest BCUT2D eigenvalue weighted by molar-refractivity contribution is 7.99. The van der Waals surface area contributed by atoms with Crippen molar-refractivity contribution in [3.63, 3.8) is 0 Å². The van der Waals surface area contributed by atoms with Crippen LogP contribution in [0.5, 0.6) is 0 Å². The van der Waals surface area contributed by atoms with Crippen molar-refractivity contribution >= 4 is 17.7 Å². The monoisotopic (exact) mass is 349 g/mol. The minimum Gasteiger partial charge on any atom is -0.352 e. The van der Waals surface area contributed by atoms with E-state index >= 15 is 0 Å². The van der Waals surface area contributed by atoms with E-state index in [1.807, 2.05) is 42.5 Å². The first-order chi connectivity index (χ1) is 12.3. The van der Waals surface area contributed by atoms with Gasteiger partial charge in [-0.2, -0.15) is 0 Å². The Balaban J connectivity index is 1.33. The topological polar surface area (TPSA) is 46.9 Å². The Labute approximate surface area is 151 Å². The molecule has 4 nitrogen and oxygen atoms in total. The summed E-state index contributed by atoms with van der Waals surface area (Å²) in [5.74, 6) is 1.07. The molecule has 2 aromatic carbocycles. The van der Waals surface area contributed by atoms with Crippen LogP contribution in [0.25, 0.3) is 11.1 Å². The summed E-state index contributed by atoms with van der Waals surface area (Å²) >= 11 is 1.79. The SMILES string of the molecule is O=C(NCCc1cn2c(n1)SCC2)c1ccc(-c2ccccc2)cc1. The van der Waals surface area contributed by atoms with Gasteiger partial charge in [0.05, 0.1) is 5.69 Å². The average molecular weight is 349 g/mol. The zero-order chi connectivity index (χ0) is 17.1. The number of carbonyl (C=O) groups is 1. The van der Waals surface area contributed by atoms with E-state index in [1.165, 1.54) is 0 Å². The van der Waals surface area contributed by atoms with E-state index in [-0.39, 0.29) is 5.91 Å². The number of thioether (sulfide) groups is 1. The highest BCUT2D eigenvalue weighted by atomic mass is 32.2. The molecule has 1 aromatic heterocycles. The van der Waals surface area contributed by atoms with Crippen molar-refractivity contribution in [1.29, 1.82) is 0 Å². The minimum atomic E-state index is -0.0410. The smallest absolute Gasteiger partial charge is 0.251 e. The fourth-order valence-corrected chi connectivity index (χ4v) is 3.90. The zero-order valence-electron chi connectivity index (χ0n) is 13.8. The van der Waals surface area contributed by atoms with Gasteiger partial charge in [-0.25, -0.2) is 4.98 Å². The van der Waals surface area contributed by atoms with E-state index in [4.69, 9.17) is 0 Å². The van der Waals surface area contributed by atoms with Gasteiger partial charge < -0.3 is 9.88 Å². The van der Waals surface area contributed by atoms with Crippen molar-refractivity contribution in [3.05, 3.63) is 72.1 Å².